The van der Waals surface area contributed by atoms with E-state index in [2.05, 4.69) is 5.32 Å². The number of carbonyl (C=O) groups is 2. The summed E-state index contributed by atoms with van der Waals surface area (Å²) in [6, 6.07) is 21.1. The number of hydrogen-bond acceptors (Lipinski definition) is 6. The van der Waals surface area contributed by atoms with Crippen molar-refractivity contribution in [1.82, 2.24) is 24.1 Å². The molecule has 5 heterocycles. The average Bonchev–Trinajstić information content (AvgIpc) is 3.73. The van der Waals surface area contributed by atoms with Crippen LogP contribution in [0.1, 0.15) is 38.5 Å². The van der Waals surface area contributed by atoms with Gasteiger partial charge in [0.2, 0.25) is 5.91 Å². The fraction of sp³-hybridized carbons (Fsp3) is 0.241. The number of rotatable bonds is 6. The van der Waals surface area contributed by atoms with Crippen molar-refractivity contribution in [2.75, 3.05) is 18.5 Å². The Kier molecular flexibility index (Phi) is 5.38. The van der Waals surface area contributed by atoms with E-state index in [9.17, 15) is 9.59 Å². The molecule has 2 unspecified atom stereocenters. The van der Waals surface area contributed by atoms with Crippen molar-refractivity contribution in [3.8, 4) is 5.95 Å². The van der Waals surface area contributed by atoms with Crippen LogP contribution in [0.15, 0.2) is 66.7 Å². The van der Waals surface area contributed by atoms with Crippen molar-refractivity contribution in [1.29, 1.82) is 0 Å². The Morgan fingerprint density at radius 1 is 1.08 bits per heavy atom. The number of nitrogens with two attached hydrogens (primary N) is 1. The first-order chi connectivity index (χ1) is 19.0. The molecular weight excluding hydrogens is 494 g/mol. The molecule has 0 aliphatic carbocycles. The molecule has 2 saturated heterocycles. The Morgan fingerprint density at radius 2 is 1.92 bits per heavy atom. The molecule has 2 atom stereocenters. The lowest BCUT2D eigenvalue weighted by Gasteiger charge is -2.26. The van der Waals surface area contributed by atoms with Gasteiger partial charge in [-0.15, -0.1) is 5.10 Å². The van der Waals surface area contributed by atoms with Gasteiger partial charge in [-0.1, -0.05) is 36.4 Å². The normalized spacial score (nSPS) is 18.3. The van der Waals surface area contributed by atoms with Gasteiger partial charge in [-0.25, -0.2) is 4.52 Å². The summed E-state index contributed by atoms with van der Waals surface area (Å²) in [4.78, 5) is 32.6. The maximum absolute atomic E-state index is 13.7. The van der Waals surface area contributed by atoms with Crippen LogP contribution in [0.4, 0.5) is 5.82 Å². The third-order valence-electron chi connectivity index (χ3n) is 7.68. The first-order valence-corrected chi connectivity index (χ1v) is 13.0. The molecule has 0 saturated carbocycles. The van der Waals surface area contributed by atoms with Crippen molar-refractivity contribution in [3.63, 3.8) is 0 Å². The third kappa shape index (κ3) is 3.83. The van der Waals surface area contributed by atoms with E-state index in [-0.39, 0.29) is 18.1 Å². The summed E-state index contributed by atoms with van der Waals surface area (Å²) in [6.07, 6.45) is 0.974. The Balaban J connectivity index is 1.38. The predicted molar refractivity (Wildman–Crippen MR) is 146 cm³/mol. The first-order valence-electron chi connectivity index (χ1n) is 13.0. The van der Waals surface area contributed by atoms with Crippen LogP contribution in [-0.4, -0.2) is 61.2 Å². The number of anilines is 1. The number of nitrogens with one attached hydrogen (secondary N) is 1. The highest BCUT2D eigenvalue weighted by Crippen LogP contribution is 2.31. The fourth-order valence-corrected chi connectivity index (χ4v) is 5.79. The van der Waals surface area contributed by atoms with E-state index in [0.29, 0.717) is 48.2 Å². The molecule has 2 aliphatic rings. The van der Waals surface area contributed by atoms with E-state index in [0.717, 1.165) is 28.6 Å². The highest BCUT2D eigenvalue weighted by Gasteiger charge is 2.42. The molecule has 196 valence electrons. The molecule has 3 N–H and O–H groups in total. The molecule has 0 radical (unpaired) electrons. The zero-order chi connectivity index (χ0) is 26.7. The van der Waals surface area contributed by atoms with Crippen LogP contribution in [0.3, 0.4) is 0 Å². The second-order valence-corrected chi connectivity index (χ2v) is 10.1. The number of aryl methyl sites for hydroxylation is 1. The molecule has 7 rings (SSSR count). The molecule has 10 nitrogen and oxygen atoms in total. The number of ether oxygens (including phenoxy) is 1. The number of hydrogen-bond donors (Lipinski definition) is 2. The standard InChI is InChI=1S/C29H27N7O3/c1-17-12-22-21(26(30)37)8-5-9-23(22)35(17)29-32-27(31-14-18-6-3-2-4-7-18)24-10-11-25(36(24)33-29)28(38)34-15-20-13-19(34)16-39-20/h2-12,19-20H,13-16H2,1H3,(H2,30,37)(H,31,32,33). The Morgan fingerprint density at radius 3 is 2.67 bits per heavy atom. The summed E-state index contributed by atoms with van der Waals surface area (Å²) in [5.41, 5.74) is 9.94. The molecule has 39 heavy (non-hydrogen) atoms. The summed E-state index contributed by atoms with van der Waals surface area (Å²) >= 11 is 0. The van der Waals surface area contributed by atoms with Gasteiger partial charge in [0.25, 0.3) is 11.9 Å². The van der Waals surface area contributed by atoms with E-state index >= 15 is 0 Å². The van der Waals surface area contributed by atoms with E-state index in [1.807, 2.05) is 71.0 Å². The Bertz CT molecular complexity index is 1760. The molecule has 10 heteroatoms. The number of morpholine rings is 1. The molecule has 0 spiro atoms. The third-order valence-corrected chi connectivity index (χ3v) is 7.68. The van der Waals surface area contributed by atoms with Crippen LogP contribution in [0, 0.1) is 6.92 Å². The van der Waals surface area contributed by atoms with Gasteiger partial charge in [0.05, 0.1) is 24.3 Å². The van der Waals surface area contributed by atoms with Crippen LogP contribution in [0.5, 0.6) is 0 Å². The number of primary amides is 1. The van der Waals surface area contributed by atoms with Crippen LogP contribution in [-0.2, 0) is 11.3 Å². The number of amides is 2. The second-order valence-electron chi connectivity index (χ2n) is 10.1. The number of aromatic nitrogens is 4. The minimum atomic E-state index is -0.499. The summed E-state index contributed by atoms with van der Waals surface area (Å²) in [5, 5.41) is 9.04. The highest BCUT2D eigenvalue weighted by atomic mass is 16.5. The Labute approximate surface area is 224 Å². The van der Waals surface area contributed by atoms with E-state index < -0.39 is 5.91 Å². The van der Waals surface area contributed by atoms with Gasteiger partial charge in [0.1, 0.15) is 11.2 Å². The monoisotopic (exact) mass is 521 g/mol. The van der Waals surface area contributed by atoms with Gasteiger partial charge in [-0.2, -0.15) is 4.98 Å². The minimum absolute atomic E-state index is 0.0745. The smallest absolute Gasteiger partial charge is 0.272 e. The van der Waals surface area contributed by atoms with Gasteiger partial charge >= 0.3 is 0 Å². The predicted octanol–water partition coefficient (Wildman–Crippen LogP) is 3.31. The summed E-state index contributed by atoms with van der Waals surface area (Å²) in [5.74, 6) is 0.404. The molecule has 2 aliphatic heterocycles. The van der Waals surface area contributed by atoms with Crippen molar-refractivity contribution < 1.29 is 14.3 Å². The number of benzene rings is 2. The highest BCUT2D eigenvalue weighted by molar-refractivity contribution is 6.06. The van der Waals surface area contributed by atoms with Crippen LogP contribution in [0.2, 0.25) is 0 Å². The van der Waals surface area contributed by atoms with Crippen LogP contribution < -0.4 is 11.1 Å². The molecule has 5 aromatic rings. The molecule has 2 amide bonds. The summed E-state index contributed by atoms with van der Waals surface area (Å²) in [6.45, 7) is 3.63. The van der Waals surface area contributed by atoms with Gasteiger partial charge in [-0.3, -0.25) is 14.2 Å². The van der Waals surface area contributed by atoms with Gasteiger partial charge in [-0.05, 0) is 49.2 Å². The van der Waals surface area contributed by atoms with Crippen LogP contribution in [0.25, 0.3) is 22.4 Å². The number of nitrogens with zero attached hydrogens (tertiary/aromatic N) is 5. The summed E-state index contributed by atoms with van der Waals surface area (Å²) < 4.78 is 9.26. The SMILES string of the molecule is Cc1cc2c(C(N)=O)cccc2n1-c1nc(NCc2ccccc2)c2ccc(C(=O)N3CC4CC3CO4)n2n1. The van der Waals surface area contributed by atoms with E-state index in [1.165, 1.54) is 0 Å². The van der Waals surface area contributed by atoms with E-state index in [1.54, 1.807) is 16.6 Å². The van der Waals surface area contributed by atoms with Crippen molar-refractivity contribution in [3.05, 3.63) is 89.2 Å². The van der Waals surface area contributed by atoms with E-state index in [4.69, 9.17) is 20.6 Å². The first kappa shape index (κ1) is 23.4. The van der Waals surface area contributed by atoms with Crippen molar-refractivity contribution >= 4 is 34.1 Å². The summed E-state index contributed by atoms with van der Waals surface area (Å²) in [7, 11) is 0. The van der Waals surface area contributed by atoms with Gasteiger partial charge in [0, 0.05) is 29.7 Å². The lowest BCUT2D eigenvalue weighted by atomic mass is 10.1. The van der Waals surface area contributed by atoms with Crippen LogP contribution >= 0.6 is 0 Å². The Hall–Kier alpha value is -4.70. The maximum atomic E-state index is 13.7. The van der Waals surface area contributed by atoms with Gasteiger partial charge in [0.15, 0.2) is 5.82 Å². The molecular formula is C29H27N7O3. The van der Waals surface area contributed by atoms with Crippen molar-refractivity contribution in [2.24, 2.45) is 5.73 Å². The maximum Gasteiger partial charge on any atom is 0.272 e. The zero-order valence-corrected chi connectivity index (χ0v) is 21.4. The number of likely N-dealkylation sites (tertiary alicyclic amines) is 1. The molecule has 2 fully saturated rings. The second kappa shape index (κ2) is 8.95. The molecule has 2 bridgehead atoms. The topological polar surface area (TPSA) is 120 Å². The quantitative estimate of drug-likeness (QED) is 0.354. The largest absolute Gasteiger partial charge is 0.374 e. The molecule has 3 aromatic heterocycles. The van der Waals surface area contributed by atoms with Gasteiger partial charge < -0.3 is 20.7 Å². The molecule has 2 aromatic carbocycles. The lowest BCUT2D eigenvalue weighted by molar-refractivity contribution is 0.0254. The average molecular weight is 522 g/mol. The number of fused-ring (bicyclic) bond motifs is 4. The number of carbonyl (C=O) groups excluding carboxylic acids is 2. The zero-order valence-electron chi connectivity index (χ0n) is 21.4. The fourth-order valence-electron chi connectivity index (χ4n) is 5.79. The minimum Gasteiger partial charge on any atom is -0.374 e. The van der Waals surface area contributed by atoms with Crippen molar-refractivity contribution in [2.45, 2.75) is 32.0 Å². The lowest BCUT2D eigenvalue weighted by Crippen LogP contribution is -2.42.